The molecule has 0 aromatic carbocycles. The molecule has 62 valence electrons. The lowest BCUT2D eigenvalue weighted by Crippen LogP contribution is -2.09. The fourth-order valence-electron chi connectivity index (χ4n) is 0.0910. The molecule has 0 heterocycles. The van der Waals surface area contributed by atoms with E-state index in [1.165, 1.54) is 7.05 Å². The molecule has 0 aromatic heterocycles. The minimum absolute atomic E-state index is 1.15. The van der Waals surface area contributed by atoms with Crippen molar-refractivity contribution in [2.75, 3.05) is 7.05 Å². The molecule has 0 aliphatic heterocycles. The van der Waals surface area contributed by atoms with E-state index in [0.29, 0.717) is 0 Å². The Morgan fingerprint density at radius 1 is 1.40 bits per heavy atom. The molecule has 0 saturated carbocycles. The number of ether oxygens (including phenoxy) is 1. The van der Waals surface area contributed by atoms with Crippen molar-refractivity contribution in [3.8, 4) is 0 Å². The summed E-state index contributed by atoms with van der Waals surface area (Å²) in [5.41, 5.74) is 3.35. The first-order valence-corrected chi connectivity index (χ1v) is 3.46. The Morgan fingerprint density at radius 2 is 1.70 bits per heavy atom. The molecular weight excluding hydrogens is 224 g/mol. The van der Waals surface area contributed by atoms with Crippen LogP contribution in [0.15, 0.2) is 0 Å². The predicted molar refractivity (Wildman–Crippen MR) is 42.7 cm³/mol. The summed E-state index contributed by atoms with van der Waals surface area (Å²) in [6, 6.07) is 0. The van der Waals surface area contributed by atoms with Gasteiger partial charge in [0.25, 0.3) is 0 Å². The molecule has 10 heavy (non-hydrogen) atoms. The number of carbonyl (C=O) groups is 1. The van der Waals surface area contributed by atoms with Gasteiger partial charge in [-0.05, 0) is 41.9 Å². The SMILES string of the molecule is CN.O=C(Cl)OC(Cl)(Cl)Cl. The van der Waals surface area contributed by atoms with Crippen molar-refractivity contribution in [1.82, 2.24) is 0 Å². The van der Waals surface area contributed by atoms with Crippen molar-refractivity contribution in [3.05, 3.63) is 0 Å². The summed E-state index contributed by atoms with van der Waals surface area (Å²) < 4.78 is 1.82. The molecule has 0 amide bonds. The Balaban J connectivity index is 0. The Morgan fingerprint density at radius 3 is 1.70 bits per heavy atom. The largest absolute Gasteiger partial charge is 0.407 e. The quantitative estimate of drug-likeness (QED) is 0.511. The first-order chi connectivity index (χ1) is 4.42. The Kier molecular flexibility index (Phi) is 8.33. The number of rotatable bonds is 0. The van der Waals surface area contributed by atoms with Crippen LogP contribution in [0.1, 0.15) is 0 Å². The maximum absolute atomic E-state index is 9.75. The third-order valence-corrected chi connectivity index (χ3v) is 0.505. The molecule has 3 nitrogen and oxygen atoms in total. The molecule has 0 rings (SSSR count). The number of alkyl halides is 3. The lowest BCUT2D eigenvalue weighted by molar-refractivity contribution is 0.172. The molecule has 0 fully saturated rings. The van der Waals surface area contributed by atoms with Gasteiger partial charge in [-0.2, -0.15) is 0 Å². The molecule has 0 aliphatic carbocycles. The van der Waals surface area contributed by atoms with E-state index in [9.17, 15) is 4.79 Å². The summed E-state index contributed by atoms with van der Waals surface area (Å²) in [7, 11) is 1.50. The second-order valence-electron chi connectivity index (χ2n) is 0.785. The highest BCUT2D eigenvalue weighted by molar-refractivity contribution is 6.69. The van der Waals surface area contributed by atoms with Crippen LogP contribution in [0.5, 0.6) is 0 Å². The first-order valence-electron chi connectivity index (χ1n) is 1.95. The van der Waals surface area contributed by atoms with Gasteiger partial charge in [0, 0.05) is 11.6 Å². The van der Waals surface area contributed by atoms with Gasteiger partial charge in [0.1, 0.15) is 0 Å². The molecule has 7 heteroatoms. The van der Waals surface area contributed by atoms with Crippen LogP contribution in [0, 0.1) is 0 Å². The minimum Gasteiger partial charge on any atom is -0.402 e. The number of halogens is 4. The smallest absolute Gasteiger partial charge is 0.402 e. The van der Waals surface area contributed by atoms with Crippen molar-refractivity contribution in [2.24, 2.45) is 5.73 Å². The summed E-state index contributed by atoms with van der Waals surface area (Å²) in [4.78, 5) is 9.75. The zero-order valence-corrected chi connectivity index (χ0v) is 7.93. The Hall–Kier alpha value is 0.590. The average molecular weight is 229 g/mol. The van der Waals surface area contributed by atoms with Crippen LogP contribution in [0.4, 0.5) is 4.79 Å². The molecule has 0 atom stereocenters. The van der Waals surface area contributed by atoms with Crippen molar-refractivity contribution >= 4 is 51.8 Å². The number of carbonyl (C=O) groups excluding carboxylic acids is 1. The topological polar surface area (TPSA) is 52.3 Å². The summed E-state index contributed by atoms with van der Waals surface area (Å²) in [6.07, 6.45) is 0. The number of hydrogen-bond donors (Lipinski definition) is 1. The van der Waals surface area contributed by atoms with Crippen LogP contribution in [0.3, 0.4) is 0 Å². The molecule has 0 unspecified atom stereocenters. The molecule has 0 saturated heterocycles. The Labute approximate surface area is 78.3 Å². The first kappa shape index (κ1) is 13.2. The van der Waals surface area contributed by atoms with Crippen LogP contribution in [0.2, 0.25) is 0 Å². The van der Waals surface area contributed by atoms with E-state index in [0.717, 1.165) is 0 Å². The summed E-state index contributed by atoms with van der Waals surface area (Å²) in [5, 5.41) is 0. The second kappa shape index (κ2) is 6.31. The van der Waals surface area contributed by atoms with Gasteiger partial charge in [-0.1, -0.05) is 0 Å². The Bertz CT molecular complexity index is 101. The molecule has 0 radical (unpaired) electrons. The van der Waals surface area contributed by atoms with E-state index < -0.39 is 9.41 Å². The summed E-state index contributed by atoms with van der Waals surface area (Å²) in [5.74, 6) is 0. The normalized spacial score (nSPS) is 9.40. The van der Waals surface area contributed by atoms with Gasteiger partial charge < -0.3 is 10.5 Å². The molecule has 0 aliphatic rings. The van der Waals surface area contributed by atoms with E-state index in [1.807, 2.05) is 0 Å². The highest BCUT2D eigenvalue weighted by Crippen LogP contribution is 2.27. The van der Waals surface area contributed by atoms with Gasteiger partial charge >= 0.3 is 9.41 Å². The zero-order chi connectivity index (χ0) is 8.78. The lowest BCUT2D eigenvalue weighted by atomic mass is 11.4. The van der Waals surface area contributed by atoms with Crippen LogP contribution in [0.25, 0.3) is 0 Å². The highest BCUT2D eigenvalue weighted by atomic mass is 35.6. The molecular formula is C3H5Cl4NO2. The van der Waals surface area contributed by atoms with Gasteiger partial charge in [0.2, 0.25) is 0 Å². The van der Waals surface area contributed by atoms with Crippen molar-refractivity contribution in [2.45, 2.75) is 3.98 Å². The van der Waals surface area contributed by atoms with E-state index in [1.54, 1.807) is 0 Å². The van der Waals surface area contributed by atoms with Crippen molar-refractivity contribution < 1.29 is 9.53 Å². The summed E-state index contributed by atoms with van der Waals surface area (Å²) in [6.45, 7) is 0. The van der Waals surface area contributed by atoms with E-state index in [-0.39, 0.29) is 0 Å². The van der Waals surface area contributed by atoms with E-state index in [2.05, 4.69) is 22.1 Å². The van der Waals surface area contributed by atoms with Gasteiger partial charge in [-0.15, -0.1) is 0 Å². The van der Waals surface area contributed by atoms with Crippen LogP contribution < -0.4 is 5.73 Å². The van der Waals surface area contributed by atoms with E-state index >= 15 is 0 Å². The highest BCUT2D eigenvalue weighted by Gasteiger charge is 2.23. The van der Waals surface area contributed by atoms with Crippen LogP contribution >= 0.6 is 46.4 Å². The lowest BCUT2D eigenvalue weighted by Gasteiger charge is -2.06. The second-order valence-corrected chi connectivity index (χ2v) is 3.27. The standard InChI is InChI=1S/C2Cl4O2.CH5N/c3-1(7)8-2(4,5)6;1-2/h;2H2,1H3. The maximum Gasteiger partial charge on any atom is 0.407 e. The van der Waals surface area contributed by atoms with Gasteiger partial charge in [0.05, 0.1) is 0 Å². The maximum atomic E-state index is 9.75. The molecule has 0 spiro atoms. The molecule has 0 aromatic rings. The van der Waals surface area contributed by atoms with Gasteiger partial charge in [0.15, 0.2) is 0 Å². The van der Waals surface area contributed by atoms with Crippen molar-refractivity contribution in [3.63, 3.8) is 0 Å². The fraction of sp³-hybridized carbons (Fsp3) is 0.667. The molecule has 2 N–H and O–H groups in total. The number of hydrogen-bond acceptors (Lipinski definition) is 3. The van der Waals surface area contributed by atoms with E-state index in [4.69, 9.17) is 34.8 Å². The average Bonchev–Trinajstić information content (AvgIpc) is 1.64. The molecule has 0 bridgehead atoms. The van der Waals surface area contributed by atoms with Gasteiger partial charge in [-0.3, -0.25) is 0 Å². The predicted octanol–water partition coefficient (Wildman–Crippen LogP) is 2.26. The third kappa shape index (κ3) is 15.8. The van der Waals surface area contributed by atoms with Crippen molar-refractivity contribution in [1.29, 1.82) is 0 Å². The third-order valence-electron chi connectivity index (χ3n) is 0.196. The minimum atomic E-state index is -2.04. The number of nitrogens with two attached hydrogens (primary N) is 1. The van der Waals surface area contributed by atoms with Crippen LogP contribution in [-0.2, 0) is 4.74 Å². The fourth-order valence-corrected chi connectivity index (χ4v) is 0.535. The zero-order valence-electron chi connectivity index (χ0n) is 4.91. The van der Waals surface area contributed by atoms with Gasteiger partial charge in [-0.25, -0.2) is 4.79 Å². The van der Waals surface area contributed by atoms with Crippen LogP contribution in [-0.4, -0.2) is 16.5 Å². The summed E-state index contributed by atoms with van der Waals surface area (Å²) >= 11 is 19.4. The monoisotopic (exact) mass is 227 g/mol.